The van der Waals surface area contributed by atoms with Crippen LogP contribution in [0.4, 0.5) is 0 Å². The van der Waals surface area contributed by atoms with Crippen LogP contribution in [0, 0.1) is 5.92 Å². The van der Waals surface area contributed by atoms with Crippen LogP contribution in [0.15, 0.2) is 28.7 Å². The zero-order chi connectivity index (χ0) is 14.3. The smallest absolute Gasteiger partial charge is 0.303 e. The number of hydrogen-bond donors (Lipinski definition) is 1. The highest BCUT2D eigenvalue weighted by Gasteiger charge is 2.54. The predicted molar refractivity (Wildman–Crippen MR) is 77.4 cm³/mol. The number of carboxylic acids is 1. The molecular formula is C15H16BrNO3. The molecule has 2 aliphatic rings. The third-order valence-electron chi connectivity index (χ3n) is 4.26. The van der Waals surface area contributed by atoms with Crippen LogP contribution in [0.25, 0.3) is 0 Å². The quantitative estimate of drug-likeness (QED) is 0.917. The summed E-state index contributed by atoms with van der Waals surface area (Å²) >= 11 is 3.40. The van der Waals surface area contributed by atoms with Crippen molar-refractivity contribution in [3.05, 3.63) is 34.3 Å². The maximum Gasteiger partial charge on any atom is 0.303 e. The van der Waals surface area contributed by atoms with E-state index in [4.69, 9.17) is 5.11 Å². The fraction of sp³-hybridized carbons (Fsp3) is 0.467. The Morgan fingerprint density at radius 3 is 2.35 bits per heavy atom. The molecule has 0 atom stereocenters. The first-order valence-corrected chi connectivity index (χ1v) is 7.58. The minimum Gasteiger partial charge on any atom is -0.481 e. The van der Waals surface area contributed by atoms with Gasteiger partial charge in [-0.25, -0.2) is 0 Å². The third kappa shape index (κ3) is 2.35. The van der Waals surface area contributed by atoms with E-state index in [1.165, 1.54) is 0 Å². The van der Waals surface area contributed by atoms with Crippen LogP contribution in [0.3, 0.4) is 0 Å². The standard InChI is InChI=1S/C15H16BrNO3/c16-12-3-1-11(2-4-12)15(5-6-15)14(20)17-8-10(9-17)7-13(18)19/h1-4,10H,5-9H2,(H,18,19). The highest BCUT2D eigenvalue weighted by Crippen LogP contribution is 2.50. The average molecular weight is 338 g/mol. The normalized spacial score (nSPS) is 20.4. The van der Waals surface area contributed by atoms with Gasteiger partial charge in [-0.15, -0.1) is 0 Å². The van der Waals surface area contributed by atoms with E-state index in [1.807, 2.05) is 29.2 Å². The van der Waals surface area contributed by atoms with E-state index in [9.17, 15) is 9.59 Å². The SMILES string of the molecule is O=C(O)CC1CN(C(=O)C2(c3ccc(Br)cc3)CC2)C1. The van der Waals surface area contributed by atoms with Crippen LogP contribution in [0.2, 0.25) is 0 Å². The molecule has 1 aliphatic heterocycles. The van der Waals surface area contributed by atoms with E-state index in [0.717, 1.165) is 22.9 Å². The lowest BCUT2D eigenvalue weighted by molar-refractivity contribution is -0.146. The van der Waals surface area contributed by atoms with E-state index in [0.29, 0.717) is 13.1 Å². The first-order chi connectivity index (χ1) is 9.51. The number of halogens is 1. The van der Waals surface area contributed by atoms with Crippen molar-refractivity contribution >= 4 is 27.8 Å². The largest absolute Gasteiger partial charge is 0.481 e. The van der Waals surface area contributed by atoms with Gasteiger partial charge in [-0.2, -0.15) is 0 Å². The van der Waals surface area contributed by atoms with Gasteiger partial charge in [0, 0.05) is 23.5 Å². The van der Waals surface area contributed by atoms with Gasteiger partial charge in [-0.3, -0.25) is 9.59 Å². The second-order valence-corrected chi connectivity index (χ2v) is 6.68. The van der Waals surface area contributed by atoms with Gasteiger partial charge in [0.1, 0.15) is 0 Å². The van der Waals surface area contributed by atoms with Gasteiger partial charge in [-0.05, 0) is 30.5 Å². The molecule has 1 saturated heterocycles. The summed E-state index contributed by atoms with van der Waals surface area (Å²) in [6.45, 7) is 1.17. The Labute approximate surface area is 125 Å². The number of hydrogen-bond acceptors (Lipinski definition) is 2. The molecule has 0 radical (unpaired) electrons. The lowest BCUT2D eigenvalue weighted by Gasteiger charge is -2.40. The highest BCUT2D eigenvalue weighted by molar-refractivity contribution is 9.10. The van der Waals surface area contributed by atoms with Crippen molar-refractivity contribution < 1.29 is 14.7 Å². The molecule has 0 bridgehead atoms. The number of amides is 1. The number of rotatable bonds is 4. The summed E-state index contributed by atoms with van der Waals surface area (Å²) in [5.41, 5.74) is 0.738. The van der Waals surface area contributed by atoms with E-state index in [2.05, 4.69) is 15.9 Å². The van der Waals surface area contributed by atoms with Crippen molar-refractivity contribution in [2.75, 3.05) is 13.1 Å². The van der Waals surface area contributed by atoms with Crippen molar-refractivity contribution in [1.82, 2.24) is 4.90 Å². The van der Waals surface area contributed by atoms with E-state index in [-0.39, 0.29) is 23.7 Å². The molecule has 1 aromatic rings. The van der Waals surface area contributed by atoms with Crippen molar-refractivity contribution in [3.8, 4) is 0 Å². The van der Waals surface area contributed by atoms with Crippen molar-refractivity contribution in [2.45, 2.75) is 24.7 Å². The molecule has 1 heterocycles. The molecule has 0 spiro atoms. The van der Waals surface area contributed by atoms with Gasteiger partial charge in [0.05, 0.1) is 11.8 Å². The van der Waals surface area contributed by atoms with Gasteiger partial charge in [0.25, 0.3) is 0 Å². The van der Waals surface area contributed by atoms with Gasteiger partial charge >= 0.3 is 5.97 Å². The summed E-state index contributed by atoms with van der Waals surface area (Å²) in [5.74, 6) is -0.491. The Kier molecular flexibility index (Phi) is 3.32. The number of aliphatic carboxylic acids is 1. The first-order valence-electron chi connectivity index (χ1n) is 6.78. The molecule has 1 aliphatic carbocycles. The Morgan fingerprint density at radius 2 is 1.85 bits per heavy atom. The van der Waals surface area contributed by atoms with Crippen LogP contribution >= 0.6 is 15.9 Å². The fourth-order valence-corrected chi connectivity index (χ4v) is 3.20. The number of nitrogens with zero attached hydrogens (tertiary/aromatic N) is 1. The average Bonchev–Trinajstić information content (AvgIpc) is 3.14. The van der Waals surface area contributed by atoms with Crippen molar-refractivity contribution in [1.29, 1.82) is 0 Å². The second-order valence-electron chi connectivity index (χ2n) is 5.76. The molecule has 1 amide bonds. The van der Waals surface area contributed by atoms with Crippen LogP contribution in [0.5, 0.6) is 0 Å². The summed E-state index contributed by atoms with van der Waals surface area (Å²) < 4.78 is 1.01. The summed E-state index contributed by atoms with van der Waals surface area (Å²) in [7, 11) is 0. The molecule has 2 fully saturated rings. The number of carbonyl (C=O) groups is 2. The van der Waals surface area contributed by atoms with Crippen LogP contribution in [-0.4, -0.2) is 35.0 Å². The van der Waals surface area contributed by atoms with Gasteiger partial charge in [0.15, 0.2) is 0 Å². The van der Waals surface area contributed by atoms with Crippen LogP contribution in [-0.2, 0) is 15.0 Å². The molecule has 106 valence electrons. The molecule has 0 aromatic heterocycles. The molecule has 1 N–H and O–H groups in total. The maximum absolute atomic E-state index is 12.6. The molecule has 5 heteroatoms. The molecule has 4 nitrogen and oxygen atoms in total. The van der Waals surface area contributed by atoms with Gasteiger partial charge in [0.2, 0.25) is 5.91 Å². The highest BCUT2D eigenvalue weighted by atomic mass is 79.9. The zero-order valence-electron chi connectivity index (χ0n) is 11.0. The molecule has 20 heavy (non-hydrogen) atoms. The number of carbonyl (C=O) groups excluding carboxylic acids is 1. The first kappa shape index (κ1) is 13.6. The molecule has 1 saturated carbocycles. The number of likely N-dealkylation sites (tertiary alicyclic amines) is 1. The summed E-state index contributed by atoms with van der Waals surface area (Å²) in [4.78, 5) is 25.0. The molecule has 0 unspecified atom stereocenters. The monoisotopic (exact) mass is 337 g/mol. The van der Waals surface area contributed by atoms with Crippen molar-refractivity contribution in [2.24, 2.45) is 5.92 Å². The van der Waals surface area contributed by atoms with Crippen molar-refractivity contribution in [3.63, 3.8) is 0 Å². The summed E-state index contributed by atoms with van der Waals surface area (Å²) in [6.07, 6.45) is 1.95. The molecule has 3 rings (SSSR count). The van der Waals surface area contributed by atoms with E-state index >= 15 is 0 Å². The number of carboxylic acid groups (broad SMARTS) is 1. The minimum atomic E-state index is -0.781. The summed E-state index contributed by atoms with van der Waals surface area (Å²) in [6, 6.07) is 7.94. The van der Waals surface area contributed by atoms with E-state index < -0.39 is 5.97 Å². The molecule has 1 aromatic carbocycles. The number of benzene rings is 1. The minimum absolute atomic E-state index is 0.122. The Bertz CT molecular complexity index is 545. The Balaban J connectivity index is 1.66. The Morgan fingerprint density at radius 1 is 1.25 bits per heavy atom. The van der Waals surface area contributed by atoms with E-state index in [1.54, 1.807) is 0 Å². The summed E-state index contributed by atoms with van der Waals surface area (Å²) in [5, 5.41) is 8.74. The van der Waals surface area contributed by atoms with Gasteiger partial charge < -0.3 is 10.0 Å². The van der Waals surface area contributed by atoms with Crippen LogP contribution in [0.1, 0.15) is 24.8 Å². The topological polar surface area (TPSA) is 57.6 Å². The Hall–Kier alpha value is -1.36. The van der Waals surface area contributed by atoms with Crippen LogP contribution < -0.4 is 0 Å². The maximum atomic E-state index is 12.6. The fourth-order valence-electron chi connectivity index (χ4n) is 2.93. The zero-order valence-corrected chi connectivity index (χ0v) is 12.6. The lowest BCUT2D eigenvalue weighted by atomic mass is 9.89. The third-order valence-corrected chi connectivity index (χ3v) is 4.79. The second kappa shape index (κ2) is 4.88. The molecular weight excluding hydrogens is 322 g/mol. The predicted octanol–water partition coefficient (Wildman–Crippen LogP) is 2.41. The lowest BCUT2D eigenvalue weighted by Crippen LogP contribution is -2.53. The van der Waals surface area contributed by atoms with Gasteiger partial charge in [-0.1, -0.05) is 28.1 Å².